The maximum absolute atomic E-state index is 11.9. The van der Waals surface area contributed by atoms with Crippen molar-refractivity contribution in [3.05, 3.63) is 58.6 Å². The normalized spacial score (nSPS) is 10.2. The van der Waals surface area contributed by atoms with Crippen LogP contribution in [0.3, 0.4) is 0 Å². The number of carbonyl (C=O) groups excluding carboxylic acids is 3. The van der Waals surface area contributed by atoms with Gasteiger partial charge in [-0.25, -0.2) is 0 Å². The highest BCUT2D eigenvalue weighted by Crippen LogP contribution is 2.19. The molecule has 0 atom stereocenters. The molecule has 0 unspecified atom stereocenters. The van der Waals surface area contributed by atoms with Crippen molar-refractivity contribution < 1.29 is 19.1 Å². The lowest BCUT2D eigenvalue weighted by atomic mass is 10.2. The summed E-state index contributed by atoms with van der Waals surface area (Å²) in [6.45, 7) is 3.34. The molecule has 6 nitrogen and oxygen atoms in total. The minimum absolute atomic E-state index is 0.0258. The standard InChI is InChI=1S/C20H21ClN2O4/c1-13-4-3-5-15(10-13)22-18(24)8-9-20(26)27-12-19(25)23-16-7-6-14(2)17(21)11-16/h3-7,10-11H,8-9,12H2,1-2H3,(H,22,24)(H,23,25). The van der Waals surface area contributed by atoms with E-state index in [-0.39, 0.29) is 18.7 Å². The molecule has 0 heterocycles. The summed E-state index contributed by atoms with van der Waals surface area (Å²) in [4.78, 5) is 35.4. The van der Waals surface area contributed by atoms with Crippen LogP contribution in [0.15, 0.2) is 42.5 Å². The van der Waals surface area contributed by atoms with Gasteiger partial charge in [0.25, 0.3) is 5.91 Å². The van der Waals surface area contributed by atoms with Crippen molar-refractivity contribution >= 4 is 40.8 Å². The van der Waals surface area contributed by atoms with Gasteiger partial charge in [0.2, 0.25) is 5.91 Å². The molecule has 7 heteroatoms. The first-order chi connectivity index (χ1) is 12.8. The molecule has 2 amide bonds. The molecule has 0 saturated heterocycles. The number of hydrogen-bond acceptors (Lipinski definition) is 4. The van der Waals surface area contributed by atoms with Crippen LogP contribution in [0, 0.1) is 13.8 Å². The van der Waals surface area contributed by atoms with Crippen molar-refractivity contribution in [2.45, 2.75) is 26.7 Å². The van der Waals surface area contributed by atoms with E-state index in [2.05, 4.69) is 10.6 Å². The molecule has 2 N–H and O–H groups in total. The highest BCUT2D eigenvalue weighted by molar-refractivity contribution is 6.31. The Bertz CT molecular complexity index is 852. The molecule has 0 bridgehead atoms. The minimum Gasteiger partial charge on any atom is -0.456 e. The van der Waals surface area contributed by atoms with Crippen LogP contribution in [0.5, 0.6) is 0 Å². The van der Waals surface area contributed by atoms with Crippen molar-refractivity contribution in [3.63, 3.8) is 0 Å². The van der Waals surface area contributed by atoms with Gasteiger partial charge < -0.3 is 15.4 Å². The van der Waals surface area contributed by atoms with Gasteiger partial charge in [-0.05, 0) is 49.2 Å². The lowest BCUT2D eigenvalue weighted by Gasteiger charge is -2.08. The topological polar surface area (TPSA) is 84.5 Å². The van der Waals surface area contributed by atoms with E-state index in [1.165, 1.54) is 0 Å². The van der Waals surface area contributed by atoms with Gasteiger partial charge in [0.1, 0.15) is 0 Å². The molecule has 2 aromatic rings. The van der Waals surface area contributed by atoms with Crippen LogP contribution in [0.2, 0.25) is 5.02 Å². The first-order valence-corrected chi connectivity index (χ1v) is 8.79. The van der Waals surface area contributed by atoms with Crippen LogP contribution in [0.25, 0.3) is 0 Å². The second kappa shape index (κ2) is 9.73. The fourth-order valence-electron chi connectivity index (χ4n) is 2.25. The summed E-state index contributed by atoms with van der Waals surface area (Å²) in [7, 11) is 0. The number of rotatable bonds is 7. The van der Waals surface area contributed by atoms with Crippen LogP contribution in [0.4, 0.5) is 11.4 Å². The van der Waals surface area contributed by atoms with Crippen molar-refractivity contribution in [3.8, 4) is 0 Å². The highest BCUT2D eigenvalue weighted by Gasteiger charge is 2.11. The van der Waals surface area contributed by atoms with Gasteiger partial charge in [-0.2, -0.15) is 0 Å². The number of anilines is 2. The number of halogens is 1. The number of benzene rings is 2. The summed E-state index contributed by atoms with van der Waals surface area (Å²) >= 11 is 5.99. The van der Waals surface area contributed by atoms with Gasteiger partial charge in [0.15, 0.2) is 6.61 Å². The van der Waals surface area contributed by atoms with Crippen LogP contribution >= 0.6 is 11.6 Å². The Morgan fingerprint density at radius 1 is 0.926 bits per heavy atom. The molecule has 2 rings (SSSR count). The molecular weight excluding hydrogens is 368 g/mol. The Morgan fingerprint density at radius 2 is 1.63 bits per heavy atom. The first kappa shape index (κ1) is 20.5. The van der Waals surface area contributed by atoms with E-state index in [1.54, 1.807) is 24.3 Å². The van der Waals surface area contributed by atoms with Crippen LogP contribution in [-0.2, 0) is 19.1 Å². The van der Waals surface area contributed by atoms with E-state index in [1.807, 2.05) is 32.0 Å². The van der Waals surface area contributed by atoms with Crippen molar-refractivity contribution in [1.82, 2.24) is 0 Å². The quantitative estimate of drug-likeness (QED) is 0.705. The fraction of sp³-hybridized carbons (Fsp3) is 0.250. The zero-order valence-corrected chi connectivity index (χ0v) is 15.9. The maximum Gasteiger partial charge on any atom is 0.306 e. The number of hydrogen-bond donors (Lipinski definition) is 2. The van der Waals surface area contributed by atoms with E-state index in [0.29, 0.717) is 16.4 Å². The summed E-state index contributed by atoms with van der Waals surface area (Å²) in [6.07, 6.45) is -0.136. The molecule has 2 aromatic carbocycles. The van der Waals surface area contributed by atoms with Crippen LogP contribution in [-0.4, -0.2) is 24.4 Å². The molecule has 142 valence electrons. The highest BCUT2D eigenvalue weighted by atomic mass is 35.5. The van der Waals surface area contributed by atoms with E-state index in [0.717, 1.165) is 11.1 Å². The molecule has 0 radical (unpaired) electrons. The zero-order chi connectivity index (χ0) is 19.8. The third kappa shape index (κ3) is 7.11. The second-order valence-corrected chi connectivity index (χ2v) is 6.50. The Morgan fingerprint density at radius 3 is 2.33 bits per heavy atom. The van der Waals surface area contributed by atoms with Crippen molar-refractivity contribution in [2.75, 3.05) is 17.2 Å². The monoisotopic (exact) mass is 388 g/mol. The molecule has 0 aliphatic carbocycles. The summed E-state index contributed by atoms with van der Waals surface area (Å²) in [5.74, 6) is -1.39. The lowest BCUT2D eigenvalue weighted by molar-refractivity contribution is -0.147. The van der Waals surface area contributed by atoms with E-state index < -0.39 is 18.5 Å². The molecule has 27 heavy (non-hydrogen) atoms. The molecule has 0 saturated carbocycles. The third-order valence-corrected chi connectivity index (χ3v) is 4.09. The number of carbonyl (C=O) groups is 3. The molecule has 0 aromatic heterocycles. The van der Waals surface area contributed by atoms with Gasteiger partial charge in [-0.3, -0.25) is 14.4 Å². The second-order valence-electron chi connectivity index (χ2n) is 6.09. The Kier molecular flexibility index (Phi) is 7.37. The van der Waals surface area contributed by atoms with E-state index >= 15 is 0 Å². The summed E-state index contributed by atoms with van der Waals surface area (Å²) < 4.78 is 4.89. The number of amides is 2. The maximum atomic E-state index is 11.9. The number of esters is 1. The zero-order valence-electron chi connectivity index (χ0n) is 15.2. The van der Waals surface area contributed by atoms with Gasteiger partial charge >= 0.3 is 5.97 Å². The van der Waals surface area contributed by atoms with E-state index in [4.69, 9.17) is 16.3 Å². The number of nitrogens with one attached hydrogen (secondary N) is 2. The Labute approximate surface area is 162 Å². The molecule has 0 aliphatic heterocycles. The smallest absolute Gasteiger partial charge is 0.306 e. The molecule has 0 spiro atoms. The average Bonchev–Trinajstić information content (AvgIpc) is 2.61. The molecule has 0 fully saturated rings. The average molecular weight is 389 g/mol. The first-order valence-electron chi connectivity index (χ1n) is 8.41. The van der Waals surface area contributed by atoms with Gasteiger partial charge in [-0.15, -0.1) is 0 Å². The van der Waals surface area contributed by atoms with Crippen LogP contribution < -0.4 is 10.6 Å². The number of ether oxygens (including phenoxy) is 1. The lowest BCUT2D eigenvalue weighted by Crippen LogP contribution is -2.21. The summed E-state index contributed by atoms with van der Waals surface area (Å²) in [6, 6.07) is 12.4. The van der Waals surface area contributed by atoms with Gasteiger partial charge in [-0.1, -0.05) is 29.8 Å². The van der Waals surface area contributed by atoms with Gasteiger partial charge in [0.05, 0.1) is 6.42 Å². The largest absolute Gasteiger partial charge is 0.456 e. The van der Waals surface area contributed by atoms with Crippen LogP contribution in [0.1, 0.15) is 24.0 Å². The van der Waals surface area contributed by atoms with Gasteiger partial charge in [0, 0.05) is 22.8 Å². The number of aryl methyl sites for hydroxylation is 2. The predicted molar refractivity (Wildman–Crippen MR) is 105 cm³/mol. The summed E-state index contributed by atoms with van der Waals surface area (Å²) in [5, 5.41) is 5.83. The molecular formula is C20H21ClN2O4. The van der Waals surface area contributed by atoms with Crippen molar-refractivity contribution in [1.29, 1.82) is 0 Å². The SMILES string of the molecule is Cc1cccc(NC(=O)CCC(=O)OCC(=O)Nc2ccc(C)c(Cl)c2)c1. The Hall–Kier alpha value is -2.86. The van der Waals surface area contributed by atoms with Crippen molar-refractivity contribution in [2.24, 2.45) is 0 Å². The predicted octanol–water partition coefficient (Wildman–Crippen LogP) is 3.86. The Balaban J connectivity index is 1.69. The minimum atomic E-state index is -0.619. The third-order valence-electron chi connectivity index (χ3n) is 3.68. The summed E-state index contributed by atoms with van der Waals surface area (Å²) in [5.41, 5.74) is 3.10. The van der Waals surface area contributed by atoms with E-state index in [9.17, 15) is 14.4 Å². The molecule has 0 aliphatic rings. The fourth-order valence-corrected chi connectivity index (χ4v) is 2.43.